The average Bonchev–Trinajstić information content (AvgIpc) is 1.87. The second-order valence-corrected chi connectivity index (χ2v) is 3.05. The Kier molecular flexibility index (Phi) is 2.17. The van der Waals surface area contributed by atoms with Crippen molar-refractivity contribution in [3.8, 4) is 0 Å². The minimum absolute atomic E-state index is 0.121. The summed E-state index contributed by atoms with van der Waals surface area (Å²) in [5.74, 6) is -0.623. The molecular weight excluding hydrogens is 150 g/mol. The van der Waals surface area contributed by atoms with Crippen LogP contribution in [0.3, 0.4) is 0 Å². The Bertz CT molecular complexity index is 152. The Morgan fingerprint density at radius 2 is 2.09 bits per heavy atom. The van der Waals surface area contributed by atoms with Gasteiger partial charge in [-0.2, -0.15) is 0 Å². The van der Waals surface area contributed by atoms with Crippen molar-refractivity contribution >= 4 is 0 Å². The van der Waals surface area contributed by atoms with Crippen LogP contribution >= 0.6 is 0 Å². The summed E-state index contributed by atoms with van der Waals surface area (Å²) in [6.45, 7) is -0.324. The van der Waals surface area contributed by atoms with Gasteiger partial charge in [-0.05, 0) is 6.42 Å². The predicted molar refractivity (Wildman–Crippen MR) is 36.3 cm³/mol. The van der Waals surface area contributed by atoms with Crippen LogP contribution in [0.15, 0.2) is 0 Å². The van der Waals surface area contributed by atoms with Gasteiger partial charge in [0.2, 0.25) is 0 Å². The van der Waals surface area contributed by atoms with E-state index in [0.717, 1.165) is 0 Å². The first-order chi connectivity index (χ1) is 5.02. The predicted octanol–water partition coefficient (Wildman–Crippen LogP) is -2.63. The molecule has 0 bridgehead atoms. The highest BCUT2D eigenvalue weighted by molar-refractivity contribution is 5.07. The van der Waals surface area contributed by atoms with E-state index in [0.29, 0.717) is 0 Å². The maximum absolute atomic E-state index is 9.03. The van der Waals surface area contributed by atoms with E-state index in [4.69, 9.17) is 26.2 Å². The van der Waals surface area contributed by atoms with Crippen molar-refractivity contribution in [3.63, 3.8) is 0 Å². The largest absolute Gasteiger partial charge is 0.396 e. The van der Waals surface area contributed by atoms with Crippen molar-refractivity contribution in [2.45, 2.75) is 24.4 Å². The van der Waals surface area contributed by atoms with Crippen LogP contribution in [0.2, 0.25) is 0 Å². The number of aliphatic hydroxyl groups is 4. The van der Waals surface area contributed by atoms with E-state index < -0.39 is 23.9 Å². The third-order valence-corrected chi connectivity index (χ3v) is 2.39. The van der Waals surface area contributed by atoms with E-state index in [2.05, 4.69) is 0 Å². The van der Waals surface area contributed by atoms with Crippen molar-refractivity contribution in [2.75, 3.05) is 6.61 Å². The van der Waals surface area contributed by atoms with E-state index in [1.807, 2.05) is 0 Å². The normalized spacial score (nSPS) is 44.2. The highest BCUT2D eigenvalue weighted by atomic mass is 16.5. The van der Waals surface area contributed by atoms with Gasteiger partial charge in [-0.25, -0.2) is 0 Å². The number of aliphatic hydroxyl groups excluding tert-OH is 3. The lowest BCUT2D eigenvalue weighted by molar-refractivity contribution is -0.195. The molecule has 1 aliphatic carbocycles. The first-order valence-corrected chi connectivity index (χ1v) is 3.46. The van der Waals surface area contributed by atoms with Gasteiger partial charge in [-0.15, -0.1) is 0 Å². The lowest BCUT2D eigenvalue weighted by Crippen LogP contribution is -2.70. The summed E-state index contributed by atoms with van der Waals surface area (Å²) >= 11 is 0. The molecule has 0 spiro atoms. The second-order valence-electron chi connectivity index (χ2n) is 3.05. The lowest BCUT2D eigenvalue weighted by atomic mass is 9.65. The zero-order chi connectivity index (χ0) is 8.65. The van der Waals surface area contributed by atoms with Gasteiger partial charge in [0.25, 0.3) is 0 Å². The molecule has 5 nitrogen and oxygen atoms in total. The maximum atomic E-state index is 9.03. The molecule has 1 fully saturated rings. The summed E-state index contributed by atoms with van der Waals surface area (Å²) in [5, 5.41) is 35.2. The molecule has 3 atom stereocenters. The molecule has 0 heterocycles. The zero-order valence-electron chi connectivity index (χ0n) is 6.01. The van der Waals surface area contributed by atoms with E-state index >= 15 is 0 Å². The molecule has 66 valence electrons. The molecule has 0 amide bonds. The minimum Gasteiger partial charge on any atom is -0.396 e. The van der Waals surface area contributed by atoms with E-state index in [9.17, 15) is 0 Å². The second kappa shape index (κ2) is 2.69. The summed E-state index contributed by atoms with van der Waals surface area (Å²) in [4.78, 5) is 0. The van der Waals surface area contributed by atoms with Crippen LogP contribution in [0, 0.1) is 5.92 Å². The van der Waals surface area contributed by atoms with Gasteiger partial charge in [0, 0.05) is 5.92 Å². The summed E-state index contributed by atoms with van der Waals surface area (Å²) in [5.41, 5.74) is 4.24. The van der Waals surface area contributed by atoms with E-state index in [-0.39, 0.29) is 13.0 Å². The Labute approximate surface area is 64.1 Å². The molecule has 3 unspecified atom stereocenters. The van der Waals surface area contributed by atoms with Crippen molar-refractivity contribution in [3.05, 3.63) is 0 Å². The molecule has 0 aromatic carbocycles. The highest BCUT2D eigenvalue weighted by Gasteiger charge is 2.54. The van der Waals surface area contributed by atoms with Crippen LogP contribution in [0.25, 0.3) is 0 Å². The van der Waals surface area contributed by atoms with Crippen LogP contribution in [-0.4, -0.2) is 45.0 Å². The average molecular weight is 163 g/mol. The fraction of sp³-hybridized carbons (Fsp3) is 1.00. The van der Waals surface area contributed by atoms with Gasteiger partial charge in [0.1, 0.15) is 0 Å². The fourth-order valence-corrected chi connectivity index (χ4v) is 1.44. The zero-order valence-corrected chi connectivity index (χ0v) is 6.01. The monoisotopic (exact) mass is 163 g/mol. The number of rotatable bonds is 2. The number of nitrogens with two attached hydrogens (primary N) is 1. The number of hydrogen-bond acceptors (Lipinski definition) is 5. The summed E-state index contributed by atoms with van der Waals surface area (Å²) in [6.07, 6.45) is -2.27. The first kappa shape index (κ1) is 8.89. The number of hydrogen-bond donors (Lipinski definition) is 5. The molecule has 0 aromatic heterocycles. The van der Waals surface area contributed by atoms with Crippen LogP contribution < -0.4 is 5.73 Å². The van der Waals surface area contributed by atoms with Crippen molar-refractivity contribution in [1.29, 1.82) is 0 Å². The van der Waals surface area contributed by atoms with Gasteiger partial charge in [0.15, 0.2) is 6.29 Å². The third kappa shape index (κ3) is 1.15. The van der Waals surface area contributed by atoms with Gasteiger partial charge in [-0.3, -0.25) is 0 Å². The van der Waals surface area contributed by atoms with Crippen molar-refractivity contribution in [1.82, 2.24) is 0 Å². The fourth-order valence-electron chi connectivity index (χ4n) is 1.44. The SMILES string of the molecule is NC1(C(O)O)CC(O)C1CO. The van der Waals surface area contributed by atoms with E-state index in [1.165, 1.54) is 0 Å². The van der Waals surface area contributed by atoms with Gasteiger partial charge in [-0.1, -0.05) is 0 Å². The summed E-state index contributed by atoms with van der Waals surface area (Å²) in [6, 6.07) is 0. The Hall–Kier alpha value is -0.200. The molecule has 5 heteroatoms. The van der Waals surface area contributed by atoms with Crippen LogP contribution in [0.4, 0.5) is 0 Å². The first-order valence-electron chi connectivity index (χ1n) is 3.46. The molecule has 0 saturated heterocycles. The molecular formula is C6H13NO4. The molecule has 0 radical (unpaired) electrons. The van der Waals surface area contributed by atoms with Gasteiger partial charge >= 0.3 is 0 Å². The quantitative estimate of drug-likeness (QED) is 0.286. The Balaban J connectivity index is 2.61. The van der Waals surface area contributed by atoms with Crippen LogP contribution in [0.5, 0.6) is 0 Å². The highest BCUT2D eigenvalue weighted by Crippen LogP contribution is 2.38. The Morgan fingerprint density at radius 3 is 2.27 bits per heavy atom. The Morgan fingerprint density at radius 1 is 1.55 bits per heavy atom. The van der Waals surface area contributed by atoms with Gasteiger partial charge < -0.3 is 26.2 Å². The molecule has 11 heavy (non-hydrogen) atoms. The molecule has 1 saturated carbocycles. The molecule has 1 rings (SSSR count). The topological polar surface area (TPSA) is 107 Å². The van der Waals surface area contributed by atoms with Gasteiger partial charge in [0.05, 0.1) is 18.2 Å². The molecule has 1 aliphatic rings. The van der Waals surface area contributed by atoms with Crippen molar-refractivity contribution in [2.24, 2.45) is 11.7 Å². The maximum Gasteiger partial charge on any atom is 0.170 e. The smallest absolute Gasteiger partial charge is 0.170 e. The minimum atomic E-state index is -1.68. The standard InChI is InChI=1S/C6H13NO4/c7-6(5(10)11)1-4(9)3(6)2-8/h3-5,8-11H,1-2,7H2. The molecule has 0 aromatic rings. The van der Waals surface area contributed by atoms with Crippen LogP contribution in [0.1, 0.15) is 6.42 Å². The molecule has 6 N–H and O–H groups in total. The summed E-state index contributed by atoms with van der Waals surface area (Å²) in [7, 11) is 0. The van der Waals surface area contributed by atoms with Crippen molar-refractivity contribution < 1.29 is 20.4 Å². The lowest BCUT2D eigenvalue weighted by Gasteiger charge is -2.50. The van der Waals surface area contributed by atoms with E-state index in [1.54, 1.807) is 0 Å². The van der Waals surface area contributed by atoms with Crippen LogP contribution in [-0.2, 0) is 0 Å². The molecule has 0 aliphatic heterocycles. The summed E-state index contributed by atoms with van der Waals surface area (Å²) < 4.78 is 0. The third-order valence-electron chi connectivity index (χ3n) is 2.39.